The van der Waals surface area contributed by atoms with E-state index in [1.807, 2.05) is 38.1 Å². The largest absolute Gasteiger partial charge is 0.311 e. The molecule has 0 spiro atoms. The van der Waals surface area contributed by atoms with E-state index in [1.165, 1.54) is 18.7 Å². The molecule has 0 heterocycles. The molecule has 0 aliphatic heterocycles. The van der Waals surface area contributed by atoms with Crippen molar-refractivity contribution in [3.05, 3.63) is 59.7 Å². The molecule has 0 saturated heterocycles. The van der Waals surface area contributed by atoms with Crippen LogP contribution in [0.4, 0.5) is 11.4 Å². The van der Waals surface area contributed by atoms with Crippen molar-refractivity contribution in [3.63, 3.8) is 0 Å². The van der Waals surface area contributed by atoms with Crippen molar-refractivity contribution in [1.82, 2.24) is 0 Å². The van der Waals surface area contributed by atoms with Crippen LogP contribution >= 0.6 is 0 Å². The maximum Gasteiger partial charge on any atom is 0.247 e. The Morgan fingerprint density at radius 1 is 0.885 bits per heavy atom. The standard InChI is InChI=1S/C21H24N2O3/c1-5-22(19-10-6-8-15(2)12-19)21(26)14-23(17(4)25)20-11-7-9-18(13-20)16(3)24/h6-13H,5,14H2,1-4H3. The van der Waals surface area contributed by atoms with Gasteiger partial charge in [-0.15, -0.1) is 0 Å². The molecule has 0 atom stereocenters. The SMILES string of the molecule is CCN(C(=O)CN(C(C)=O)c1cccc(C(C)=O)c1)c1cccc(C)c1. The van der Waals surface area contributed by atoms with Crippen LogP contribution in [-0.4, -0.2) is 30.7 Å². The van der Waals surface area contributed by atoms with E-state index >= 15 is 0 Å². The molecule has 0 aliphatic carbocycles. The van der Waals surface area contributed by atoms with Gasteiger partial charge < -0.3 is 9.80 Å². The molecule has 0 bridgehead atoms. The van der Waals surface area contributed by atoms with Gasteiger partial charge in [0.25, 0.3) is 0 Å². The lowest BCUT2D eigenvalue weighted by molar-refractivity contribution is -0.121. The van der Waals surface area contributed by atoms with Gasteiger partial charge in [-0.25, -0.2) is 0 Å². The van der Waals surface area contributed by atoms with E-state index in [0.29, 0.717) is 17.8 Å². The van der Waals surface area contributed by atoms with E-state index < -0.39 is 0 Å². The highest BCUT2D eigenvalue weighted by Gasteiger charge is 2.21. The van der Waals surface area contributed by atoms with Crippen LogP contribution in [0.1, 0.15) is 36.7 Å². The molecule has 2 aromatic carbocycles. The summed E-state index contributed by atoms with van der Waals surface area (Å²) in [5.74, 6) is -0.516. The number of benzene rings is 2. The van der Waals surface area contributed by atoms with Gasteiger partial charge in [0.15, 0.2) is 5.78 Å². The van der Waals surface area contributed by atoms with Crippen molar-refractivity contribution in [2.75, 3.05) is 22.9 Å². The number of ketones is 1. The molecule has 0 aromatic heterocycles. The zero-order valence-electron chi connectivity index (χ0n) is 15.7. The Hall–Kier alpha value is -2.95. The Kier molecular flexibility index (Phi) is 6.28. The second kappa shape index (κ2) is 8.43. The van der Waals surface area contributed by atoms with Crippen LogP contribution in [0.2, 0.25) is 0 Å². The average Bonchev–Trinajstić information content (AvgIpc) is 2.60. The Labute approximate surface area is 154 Å². The molecule has 2 amide bonds. The van der Waals surface area contributed by atoms with Gasteiger partial charge in [-0.3, -0.25) is 14.4 Å². The first-order valence-corrected chi connectivity index (χ1v) is 8.59. The summed E-state index contributed by atoms with van der Waals surface area (Å²) in [5.41, 5.74) is 2.91. The molecule has 0 radical (unpaired) electrons. The van der Waals surface area contributed by atoms with Crippen molar-refractivity contribution in [2.24, 2.45) is 0 Å². The number of carbonyl (C=O) groups excluding carboxylic acids is 3. The first kappa shape index (κ1) is 19.4. The van der Waals surface area contributed by atoms with Crippen LogP contribution in [0, 0.1) is 6.92 Å². The molecular formula is C21H24N2O3. The van der Waals surface area contributed by atoms with E-state index in [-0.39, 0.29) is 24.1 Å². The van der Waals surface area contributed by atoms with E-state index in [4.69, 9.17) is 0 Å². The summed E-state index contributed by atoms with van der Waals surface area (Å²) in [4.78, 5) is 39.6. The molecule has 26 heavy (non-hydrogen) atoms. The van der Waals surface area contributed by atoms with E-state index in [2.05, 4.69) is 0 Å². The number of anilines is 2. The van der Waals surface area contributed by atoms with E-state index in [0.717, 1.165) is 11.3 Å². The minimum Gasteiger partial charge on any atom is -0.311 e. The summed E-state index contributed by atoms with van der Waals surface area (Å²) in [6.07, 6.45) is 0. The van der Waals surface area contributed by atoms with Gasteiger partial charge in [0.05, 0.1) is 0 Å². The number of carbonyl (C=O) groups is 3. The van der Waals surface area contributed by atoms with Crippen LogP contribution in [-0.2, 0) is 9.59 Å². The lowest BCUT2D eigenvalue weighted by Gasteiger charge is -2.26. The number of nitrogens with zero attached hydrogens (tertiary/aromatic N) is 2. The monoisotopic (exact) mass is 352 g/mol. The number of aryl methyl sites for hydroxylation is 1. The predicted molar refractivity (Wildman–Crippen MR) is 104 cm³/mol. The summed E-state index contributed by atoms with van der Waals surface area (Å²) < 4.78 is 0. The Balaban J connectivity index is 2.29. The topological polar surface area (TPSA) is 57.7 Å². The highest BCUT2D eigenvalue weighted by Crippen LogP contribution is 2.20. The van der Waals surface area contributed by atoms with Crippen molar-refractivity contribution in [2.45, 2.75) is 27.7 Å². The number of hydrogen-bond acceptors (Lipinski definition) is 3. The molecular weight excluding hydrogens is 328 g/mol. The van der Waals surface area contributed by atoms with Gasteiger partial charge in [0, 0.05) is 30.4 Å². The molecule has 0 aliphatic rings. The first-order valence-electron chi connectivity index (χ1n) is 8.59. The summed E-state index contributed by atoms with van der Waals surface area (Å²) in [5, 5.41) is 0. The summed E-state index contributed by atoms with van der Waals surface area (Å²) in [6, 6.07) is 14.5. The fourth-order valence-corrected chi connectivity index (χ4v) is 2.80. The van der Waals surface area contributed by atoms with Gasteiger partial charge in [0.1, 0.15) is 6.54 Å². The van der Waals surface area contributed by atoms with Crippen LogP contribution in [0.15, 0.2) is 48.5 Å². The van der Waals surface area contributed by atoms with Gasteiger partial charge >= 0.3 is 0 Å². The van der Waals surface area contributed by atoms with Crippen molar-refractivity contribution in [1.29, 1.82) is 0 Å². The van der Waals surface area contributed by atoms with Crippen molar-refractivity contribution in [3.8, 4) is 0 Å². The molecule has 2 aromatic rings. The smallest absolute Gasteiger partial charge is 0.247 e. The number of likely N-dealkylation sites (N-methyl/N-ethyl adjacent to an activating group) is 1. The zero-order valence-corrected chi connectivity index (χ0v) is 15.7. The predicted octanol–water partition coefficient (Wildman–Crippen LogP) is 3.60. The lowest BCUT2D eigenvalue weighted by Crippen LogP contribution is -2.42. The molecule has 5 nitrogen and oxygen atoms in total. The average molecular weight is 352 g/mol. The number of rotatable bonds is 6. The normalized spacial score (nSPS) is 10.3. The van der Waals surface area contributed by atoms with Crippen LogP contribution in [0.5, 0.6) is 0 Å². The highest BCUT2D eigenvalue weighted by atomic mass is 16.2. The third-order valence-electron chi connectivity index (χ3n) is 4.17. The molecule has 0 saturated carbocycles. The molecule has 0 unspecified atom stereocenters. The minimum absolute atomic E-state index is 0.0848. The fraction of sp³-hybridized carbons (Fsp3) is 0.286. The van der Waals surface area contributed by atoms with Gasteiger partial charge in [-0.1, -0.05) is 24.3 Å². The highest BCUT2D eigenvalue weighted by molar-refractivity contribution is 6.04. The summed E-state index contributed by atoms with van der Waals surface area (Å²) >= 11 is 0. The third kappa shape index (κ3) is 4.57. The van der Waals surface area contributed by atoms with Gasteiger partial charge in [0.2, 0.25) is 11.8 Å². The van der Waals surface area contributed by atoms with Crippen molar-refractivity contribution < 1.29 is 14.4 Å². The van der Waals surface area contributed by atoms with E-state index in [1.54, 1.807) is 29.2 Å². The molecule has 136 valence electrons. The number of Topliss-reactive ketones (excluding diaryl/α,β-unsaturated/α-hetero) is 1. The molecule has 0 N–H and O–H groups in total. The number of amides is 2. The Bertz CT molecular complexity index is 830. The Morgan fingerprint density at radius 2 is 1.50 bits per heavy atom. The fourth-order valence-electron chi connectivity index (χ4n) is 2.80. The maximum atomic E-state index is 12.9. The summed E-state index contributed by atoms with van der Waals surface area (Å²) in [6.45, 7) is 7.17. The van der Waals surface area contributed by atoms with Gasteiger partial charge in [-0.2, -0.15) is 0 Å². The molecule has 0 fully saturated rings. The van der Waals surface area contributed by atoms with Crippen LogP contribution in [0.25, 0.3) is 0 Å². The summed E-state index contributed by atoms with van der Waals surface area (Å²) in [7, 11) is 0. The lowest BCUT2D eigenvalue weighted by atomic mass is 10.1. The molecule has 2 rings (SSSR count). The second-order valence-electron chi connectivity index (χ2n) is 6.19. The van der Waals surface area contributed by atoms with Crippen molar-refractivity contribution >= 4 is 29.0 Å². The maximum absolute atomic E-state index is 12.9. The molecule has 5 heteroatoms. The zero-order chi connectivity index (χ0) is 19.3. The first-order chi connectivity index (χ1) is 12.3. The second-order valence-corrected chi connectivity index (χ2v) is 6.19. The number of hydrogen-bond donors (Lipinski definition) is 0. The van der Waals surface area contributed by atoms with Crippen LogP contribution < -0.4 is 9.80 Å². The van der Waals surface area contributed by atoms with Crippen LogP contribution in [0.3, 0.4) is 0 Å². The third-order valence-corrected chi connectivity index (χ3v) is 4.17. The quantitative estimate of drug-likeness (QED) is 0.746. The van der Waals surface area contributed by atoms with E-state index in [9.17, 15) is 14.4 Å². The Morgan fingerprint density at radius 3 is 2.04 bits per heavy atom. The van der Waals surface area contributed by atoms with Gasteiger partial charge in [-0.05, 0) is 50.6 Å². The minimum atomic E-state index is -0.251.